The van der Waals surface area contributed by atoms with E-state index in [1.54, 1.807) is 13.3 Å². The zero-order chi connectivity index (χ0) is 16.1. The molecule has 1 aromatic heterocycles. The lowest BCUT2D eigenvalue weighted by molar-refractivity contribution is 0.415. The third-order valence-corrected chi connectivity index (χ3v) is 3.68. The minimum atomic E-state index is 0.107. The Morgan fingerprint density at radius 1 is 1.27 bits per heavy atom. The van der Waals surface area contributed by atoms with Crippen molar-refractivity contribution in [1.29, 1.82) is 0 Å². The molecule has 0 spiro atoms. The first-order chi connectivity index (χ1) is 10.5. The SMILES string of the molecule is COc1cccnc1NC(=S)NC(C)c1ccc(C)cc1C. The van der Waals surface area contributed by atoms with Crippen LogP contribution >= 0.6 is 12.2 Å². The Balaban J connectivity index is 2.05. The zero-order valence-corrected chi connectivity index (χ0v) is 14.1. The summed E-state index contributed by atoms with van der Waals surface area (Å²) in [6, 6.07) is 10.2. The molecule has 1 aromatic carbocycles. The lowest BCUT2D eigenvalue weighted by atomic mass is 10.0. The molecule has 0 aliphatic heterocycles. The van der Waals surface area contributed by atoms with Crippen LogP contribution in [0.1, 0.15) is 29.7 Å². The first kappa shape index (κ1) is 16.2. The standard InChI is InChI=1S/C17H21N3OS/c1-11-7-8-14(12(2)10-11)13(3)19-17(22)20-16-15(21-4)6-5-9-18-16/h5-10,13H,1-4H3,(H2,18,19,20,22). The van der Waals surface area contributed by atoms with Crippen molar-refractivity contribution in [2.75, 3.05) is 12.4 Å². The Bertz CT molecular complexity index is 673. The van der Waals surface area contributed by atoms with Gasteiger partial charge in [-0.1, -0.05) is 23.8 Å². The van der Waals surface area contributed by atoms with Gasteiger partial charge in [-0.3, -0.25) is 0 Å². The number of aryl methyl sites for hydroxylation is 2. The lowest BCUT2D eigenvalue weighted by Crippen LogP contribution is -2.31. The van der Waals surface area contributed by atoms with Crippen molar-refractivity contribution in [3.05, 3.63) is 53.2 Å². The van der Waals surface area contributed by atoms with E-state index in [1.165, 1.54) is 16.7 Å². The average Bonchev–Trinajstić information content (AvgIpc) is 2.47. The molecule has 22 heavy (non-hydrogen) atoms. The summed E-state index contributed by atoms with van der Waals surface area (Å²) >= 11 is 5.37. The van der Waals surface area contributed by atoms with Gasteiger partial charge in [-0.15, -0.1) is 0 Å². The molecule has 1 atom stereocenters. The summed E-state index contributed by atoms with van der Waals surface area (Å²) in [4.78, 5) is 4.24. The summed E-state index contributed by atoms with van der Waals surface area (Å²) < 4.78 is 5.26. The molecule has 0 radical (unpaired) electrons. The Morgan fingerprint density at radius 2 is 2.05 bits per heavy atom. The number of pyridine rings is 1. The van der Waals surface area contributed by atoms with Crippen LogP contribution < -0.4 is 15.4 Å². The van der Waals surface area contributed by atoms with Crippen molar-refractivity contribution in [3.8, 4) is 5.75 Å². The molecule has 1 heterocycles. The van der Waals surface area contributed by atoms with E-state index in [9.17, 15) is 0 Å². The molecule has 1 unspecified atom stereocenters. The predicted octanol–water partition coefficient (Wildman–Crippen LogP) is 3.75. The lowest BCUT2D eigenvalue weighted by Gasteiger charge is -2.19. The van der Waals surface area contributed by atoms with Crippen LogP contribution in [0, 0.1) is 13.8 Å². The Morgan fingerprint density at radius 3 is 2.73 bits per heavy atom. The van der Waals surface area contributed by atoms with Gasteiger partial charge in [-0.25, -0.2) is 4.98 Å². The maximum Gasteiger partial charge on any atom is 0.174 e. The van der Waals surface area contributed by atoms with Crippen LogP contribution in [0.25, 0.3) is 0 Å². The summed E-state index contributed by atoms with van der Waals surface area (Å²) in [5.74, 6) is 1.26. The maximum absolute atomic E-state index is 5.37. The van der Waals surface area contributed by atoms with Gasteiger partial charge in [-0.05, 0) is 56.2 Å². The molecule has 2 N–H and O–H groups in total. The molecule has 0 aliphatic carbocycles. The molecule has 0 amide bonds. The number of anilines is 1. The van der Waals surface area contributed by atoms with E-state index in [1.807, 2.05) is 12.1 Å². The normalized spacial score (nSPS) is 11.6. The molecular formula is C17H21N3OS. The number of thiocarbonyl (C=S) groups is 1. The molecular weight excluding hydrogens is 294 g/mol. The van der Waals surface area contributed by atoms with E-state index in [0.717, 1.165) is 0 Å². The maximum atomic E-state index is 5.37. The largest absolute Gasteiger partial charge is 0.493 e. The van der Waals surface area contributed by atoms with Crippen LogP contribution in [-0.2, 0) is 0 Å². The number of benzene rings is 1. The number of aromatic nitrogens is 1. The van der Waals surface area contributed by atoms with Gasteiger partial charge in [-0.2, -0.15) is 0 Å². The van der Waals surface area contributed by atoms with E-state index in [4.69, 9.17) is 17.0 Å². The fraction of sp³-hybridized carbons (Fsp3) is 0.294. The van der Waals surface area contributed by atoms with E-state index in [0.29, 0.717) is 16.7 Å². The fourth-order valence-corrected chi connectivity index (χ4v) is 2.65. The van der Waals surface area contributed by atoms with Gasteiger partial charge in [0.2, 0.25) is 0 Å². The topological polar surface area (TPSA) is 46.2 Å². The van der Waals surface area contributed by atoms with Gasteiger partial charge in [0, 0.05) is 6.20 Å². The highest BCUT2D eigenvalue weighted by atomic mass is 32.1. The number of ether oxygens (including phenoxy) is 1. The molecule has 4 nitrogen and oxygen atoms in total. The highest BCUT2D eigenvalue weighted by Crippen LogP contribution is 2.21. The quantitative estimate of drug-likeness (QED) is 0.841. The number of hydrogen-bond donors (Lipinski definition) is 2. The molecule has 2 rings (SSSR count). The van der Waals surface area contributed by atoms with Crippen molar-refractivity contribution in [1.82, 2.24) is 10.3 Å². The third-order valence-electron chi connectivity index (χ3n) is 3.46. The number of nitrogens with one attached hydrogen (secondary N) is 2. The van der Waals surface area contributed by atoms with E-state index >= 15 is 0 Å². The second-order valence-electron chi connectivity index (χ2n) is 5.23. The van der Waals surface area contributed by atoms with E-state index in [-0.39, 0.29) is 6.04 Å². The number of nitrogens with zero attached hydrogens (tertiary/aromatic N) is 1. The van der Waals surface area contributed by atoms with Crippen LogP contribution in [0.2, 0.25) is 0 Å². The fourth-order valence-electron chi connectivity index (χ4n) is 2.38. The second kappa shape index (κ2) is 7.22. The summed E-state index contributed by atoms with van der Waals surface area (Å²) in [6.45, 7) is 6.29. The summed E-state index contributed by atoms with van der Waals surface area (Å²) in [6.07, 6.45) is 1.70. The Hall–Kier alpha value is -2.14. The Kier molecular flexibility index (Phi) is 5.33. The molecule has 0 aliphatic rings. The first-order valence-corrected chi connectivity index (χ1v) is 7.55. The predicted molar refractivity (Wildman–Crippen MR) is 94.5 cm³/mol. The van der Waals surface area contributed by atoms with Crippen LogP contribution in [0.5, 0.6) is 5.75 Å². The molecule has 0 saturated heterocycles. The van der Waals surface area contributed by atoms with Gasteiger partial charge < -0.3 is 15.4 Å². The minimum absolute atomic E-state index is 0.107. The average molecular weight is 315 g/mol. The third kappa shape index (κ3) is 3.95. The molecule has 116 valence electrons. The Labute approximate surface area is 136 Å². The van der Waals surface area contributed by atoms with Gasteiger partial charge >= 0.3 is 0 Å². The molecule has 5 heteroatoms. The van der Waals surface area contributed by atoms with Gasteiger partial charge in [0.1, 0.15) is 0 Å². The monoisotopic (exact) mass is 315 g/mol. The summed E-state index contributed by atoms with van der Waals surface area (Å²) in [5, 5.41) is 6.88. The van der Waals surface area contributed by atoms with Crippen molar-refractivity contribution in [2.24, 2.45) is 0 Å². The van der Waals surface area contributed by atoms with Crippen molar-refractivity contribution >= 4 is 23.1 Å². The van der Waals surface area contributed by atoms with Crippen molar-refractivity contribution < 1.29 is 4.74 Å². The first-order valence-electron chi connectivity index (χ1n) is 7.15. The van der Waals surface area contributed by atoms with Crippen LogP contribution in [-0.4, -0.2) is 17.2 Å². The van der Waals surface area contributed by atoms with Gasteiger partial charge in [0.15, 0.2) is 16.7 Å². The van der Waals surface area contributed by atoms with Crippen LogP contribution in [0.3, 0.4) is 0 Å². The zero-order valence-electron chi connectivity index (χ0n) is 13.3. The molecule has 0 saturated carbocycles. The van der Waals surface area contributed by atoms with Crippen LogP contribution in [0.15, 0.2) is 36.5 Å². The molecule has 0 bridgehead atoms. The number of hydrogen-bond acceptors (Lipinski definition) is 3. The second-order valence-corrected chi connectivity index (χ2v) is 5.64. The van der Waals surface area contributed by atoms with E-state index in [2.05, 4.69) is 54.6 Å². The van der Waals surface area contributed by atoms with E-state index < -0.39 is 0 Å². The smallest absolute Gasteiger partial charge is 0.174 e. The molecule has 2 aromatic rings. The summed E-state index contributed by atoms with van der Waals surface area (Å²) in [5.41, 5.74) is 3.73. The van der Waals surface area contributed by atoms with Gasteiger partial charge in [0.05, 0.1) is 13.2 Å². The summed E-state index contributed by atoms with van der Waals surface area (Å²) in [7, 11) is 1.61. The van der Waals surface area contributed by atoms with Gasteiger partial charge in [0.25, 0.3) is 0 Å². The van der Waals surface area contributed by atoms with Crippen molar-refractivity contribution in [2.45, 2.75) is 26.8 Å². The van der Waals surface area contributed by atoms with Crippen molar-refractivity contribution in [3.63, 3.8) is 0 Å². The molecule has 0 fully saturated rings. The highest BCUT2D eigenvalue weighted by Gasteiger charge is 2.11. The highest BCUT2D eigenvalue weighted by molar-refractivity contribution is 7.80. The number of rotatable bonds is 4. The van der Waals surface area contributed by atoms with Crippen LogP contribution in [0.4, 0.5) is 5.82 Å². The minimum Gasteiger partial charge on any atom is -0.493 e. The number of methoxy groups -OCH3 is 1.